The summed E-state index contributed by atoms with van der Waals surface area (Å²) in [6.07, 6.45) is 3.17. The van der Waals surface area contributed by atoms with E-state index < -0.39 is 0 Å². The molecule has 0 aliphatic heterocycles. The Kier molecular flexibility index (Phi) is 4.21. The van der Waals surface area contributed by atoms with E-state index in [2.05, 4.69) is 25.7 Å². The van der Waals surface area contributed by atoms with Crippen LogP contribution in [0.2, 0.25) is 0 Å². The zero-order chi connectivity index (χ0) is 12.6. The van der Waals surface area contributed by atoms with Crippen LogP contribution in [-0.2, 0) is 6.54 Å². The number of para-hydroxylation sites is 1. The van der Waals surface area contributed by atoms with Crippen LogP contribution in [0.4, 0.5) is 5.69 Å². The first-order valence-electron chi connectivity index (χ1n) is 5.46. The summed E-state index contributed by atoms with van der Waals surface area (Å²) < 4.78 is 0. The van der Waals surface area contributed by atoms with Crippen molar-refractivity contribution in [2.24, 2.45) is 10.8 Å². The predicted molar refractivity (Wildman–Crippen MR) is 70.6 cm³/mol. The Hall–Kier alpha value is -2.47. The van der Waals surface area contributed by atoms with Gasteiger partial charge in [0.15, 0.2) is 0 Å². The molecule has 1 aromatic carbocycles. The van der Waals surface area contributed by atoms with E-state index in [1.165, 1.54) is 6.33 Å². The van der Waals surface area contributed by atoms with Gasteiger partial charge in [-0.15, -0.1) is 0 Å². The molecule has 1 aromatic heterocycles. The molecule has 0 aliphatic rings. The highest BCUT2D eigenvalue weighted by atomic mass is 15.3. The van der Waals surface area contributed by atoms with Crippen molar-refractivity contribution in [1.29, 1.82) is 0 Å². The molecular formula is C12H14N6. The van der Waals surface area contributed by atoms with Crippen LogP contribution in [0.3, 0.4) is 0 Å². The summed E-state index contributed by atoms with van der Waals surface area (Å²) in [5.41, 5.74) is 4.26. The molecule has 0 atom stereocenters. The van der Waals surface area contributed by atoms with Gasteiger partial charge >= 0.3 is 0 Å². The van der Waals surface area contributed by atoms with Crippen molar-refractivity contribution in [3.8, 4) is 0 Å². The monoisotopic (exact) mass is 242 g/mol. The highest BCUT2D eigenvalue weighted by molar-refractivity contribution is 5.93. The molecule has 2 aromatic rings. The Morgan fingerprint density at radius 1 is 1.22 bits per heavy atom. The minimum Gasteiger partial charge on any atom is -0.325 e. The van der Waals surface area contributed by atoms with E-state index in [-0.39, 0.29) is 0 Å². The number of anilines is 1. The highest BCUT2D eigenvalue weighted by Crippen LogP contribution is 2.04. The van der Waals surface area contributed by atoms with Crippen LogP contribution >= 0.6 is 0 Å². The fourth-order valence-electron chi connectivity index (χ4n) is 1.35. The van der Waals surface area contributed by atoms with Gasteiger partial charge < -0.3 is 5.32 Å². The molecule has 6 heteroatoms. The molecule has 6 nitrogen and oxygen atoms in total. The number of rotatable bonds is 3. The molecule has 1 heterocycles. The summed E-state index contributed by atoms with van der Waals surface area (Å²) in [5.74, 6) is 5.89. The van der Waals surface area contributed by atoms with Crippen molar-refractivity contribution < 1.29 is 0 Å². The Morgan fingerprint density at radius 2 is 2.06 bits per heavy atom. The normalized spacial score (nSPS) is 11.1. The van der Waals surface area contributed by atoms with Crippen LogP contribution in [0.25, 0.3) is 0 Å². The van der Waals surface area contributed by atoms with Crippen LogP contribution in [0.5, 0.6) is 0 Å². The largest absolute Gasteiger partial charge is 0.325 e. The van der Waals surface area contributed by atoms with Crippen molar-refractivity contribution in [1.82, 2.24) is 15.4 Å². The lowest BCUT2D eigenvalue weighted by molar-refractivity contribution is 0.928. The molecule has 18 heavy (non-hydrogen) atoms. The fourth-order valence-corrected chi connectivity index (χ4v) is 1.35. The molecule has 0 bridgehead atoms. The first-order chi connectivity index (χ1) is 8.88. The van der Waals surface area contributed by atoms with Gasteiger partial charge in [0, 0.05) is 11.9 Å². The Morgan fingerprint density at radius 3 is 2.72 bits per heavy atom. The second-order valence-corrected chi connectivity index (χ2v) is 3.50. The van der Waals surface area contributed by atoms with E-state index in [9.17, 15) is 0 Å². The first-order valence-corrected chi connectivity index (χ1v) is 5.46. The summed E-state index contributed by atoms with van der Waals surface area (Å²) >= 11 is 0. The SMILES string of the molecule is NNC(=NCc1ccncn1)Nc1ccccc1. The van der Waals surface area contributed by atoms with Gasteiger partial charge in [-0.05, 0) is 18.2 Å². The van der Waals surface area contributed by atoms with Crippen molar-refractivity contribution >= 4 is 11.6 Å². The lowest BCUT2D eigenvalue weighted by atomic mass is 10.3. The van der Waals surface area contributed by atoms with Gasteiger partial charge in [0.05, 0.1) is 12.2 Å². The molecule has 0 spiro atoms. The maximum atomic E-state index is 5.41. The second kappa shape index (κ2) is 6.31. The summed E-state index contributed by atoms with van der Waals surface area (Å²) in [6, 6.07) is 11.5. The minimum absolute atomic E-state index is 0.432. The smallest absolute Gasteiger partial charge is 0.210 e. The minimum atomic E-state index is 0.432. The summed E-state index contributed by atoms with van der Waals surface area (Å²) in [7, 11) is 0. The number of aliphatic imine (C=N–C) groups is 1. The third kappa shape index (κ3) is 3.53. The number of hydrogen-bond acceptors (Lipinski definition) is 4. The topological polar surface area (TPSA) is 88.2 Å². The van der Waals surface area contributed by atoms with Crippen LogP contribution in [0.15, 0.2) is 53.9 Å². The summed E-state index contributed by atoms with van der Waals surface area (Å²) in [5, 5.41) is 3.07. The third-order valence-electron chi connectivity index (χ3n) is 2.22. The van der Waals surface area contributed by atoms with Gasteiger partial charge in [0.25, 0.3) is 0 Å². The standard InChI is InChI=1S/C12H14N6/c13-18-12(17-10-4-2-1-3-5-10)15-8-11-6-7-14-9-16-11/h1-7,9H,8,13H2,(H2,15,17,18). The molecule has 0 unspecified atom stereocenters. The van der Waals surface area contributed by atoms with Crippen molar-refractivity contribution in [3.05, 3.63) is 54.6 Å². The summed E-state index contributed by atoms with van der Waals surface area (Å²) in [6.45, 7) is 0.432. The van der Waals surface area contributed by atoms with Gasteiger partial charge in [-0.25, -0.2) is 20.8 Å². The molecule has 0 amide bonds. The van der Waals surface area contributed by atoms with E-state index in [4.69, 9.17) is 5.84 Å². The maximum absolute atomic E-state index is 5.41. The number of nitrogens with one attached hydrogen (secondary N) is 2. The Balaban J connectivity index is 2.00. The molecular weight excluding hydrogens is 228 g/mol. The van der Waals surface area contributed by atoms with Gasteiger partial charge in [-0.1, -0.05) is 18.2 Å². The molecule has 92 valence electrons. The lowest BCUT2D eigenvalue weighted by Gasteiger charge is -2.08. The quantitative estimate of drug-likeness (QED) is 0.322. The van der Waals surface area contributed by atoms with Crippen molar-refractivity contribution in [2.75, 3.05) is 5.32 Å². The van der Waals surface area contributed by atoms with Crippen molar-refractivity contribution in [3.63, 3.8) is 0 Å². The van der Waals surface area contributed by atoms with E-state index in [0.29, 0.717) is 12.5 Å². The fraction of sp³-hybridized carbons (Fsp3) is 0.0833. The second-order valence-electron chi connectivity index (χ2n) is 3.50. The molecule has 0 fully saturated rings. The number of guanidine groups is 1. The number of aromatic nitrogens is 2. The molecule has 0 radical (unpaired) electrons. The van der Waals surface area contributed by atoms with Crippen LogP contribution in [-0.4, -0.2) is 15.9 Å². The van der Waals surface area contributed by atoms with Gasteiger partial charge in [-0.2, -0.15) is 0 Å². The van der Waals surface area contributed by atoms with Crippen molar-refractivity contribution in [2.45, 2.75) is 6.54 Å². The summed E-state index contributed by atoms with van der Waals surface area (Å²) in [4.78, 5) is 12.2. The van der Waals surface area contributed by atoms with Gasteiger partial charge in [-0.3, -0.25) is 5.43 Å². The number of hydrazine groups is 1. The lowest BCUT2D eigenvalue weighted by Crippen LogP contribution is -2.36. The zero-order valence-corrected chi connectivity index (χ0v) is 9.74. The maximum Gasteiger partial charge on any atom is 0.210 e. The molecule has 0 saturated carbocycles. The number of hydrogen-bond donors (Lipinski definition) is 3. The zero-order valence-electron chi connectivity index (χ0n) is 9.74. The van der Waals surface area contributed by atoms with Crippen LogP contribution in [0.1, 0.15) is 5.69 Å². The van der Waals surface area contributed by atoms with E-state index in [1.807, 2.05) is 30.3 Å². The average molecular weight is 242 g/mol. The number of nitrogens with two attached hydrogens (primary N) is 1. The van der Waals surface area contributed by atoms with Gasteiger partial charge in [0.1, 0.15) is 6.33 Å². The molecule has 0 aliphatic carbocycles. The van der Waals surface area contributed by atoms with E-state index in [1.54, 1.807) is 12.3 Å². The third-order valence-corrected chi connectivity index (χ3v) is 2.22. The average Bonchev–Trinajstić information content (AvgIpc) is 2.45. The Bertz CT molecular complexity index is 496. The van der Waals surface area contributed by atoms with Gasteiger partial charge in [0.2, 0.25) is 5.96 Å². The predicted octanol–water partition coefficient (Wildman–Crippen LogP) is 0.908. The molecule has 4 N–H and O–H groups in total. The van der Waals surface area contributed by atoms with Crippen LogP contribution < -0.4 is 16.6 Å². The van der Waals surface area contributed by atoms with E-state index >= 15 is 0 Å². The first kappa shape index (κ1) is 12.0. The number of nitrogens with zero attached hydrogens (tertiary/aromatic N) is 3. The molecule has 2 rings (SSSR count). The highest BCUT2D eigenvalue weighted by Gasteiger charge is 1.97. The molecule has 0 saturated heterocycles. The van der Waals surface area contributed by atoms with Crippen LogP contribution in [0, 0.1) is 0 Å². The number of benzene rings is 1. The Labute approximate surface area is 105 Å². The van der Waals surface area contributed by atoms with E-state index in [0.717, 1.165) is 11.4 Å².